The second-order valence-electron chi connectivity index (χ2n) is 2.41. The molecule has 0 N–H and O–H groups in total. The van der Waals surface area contributed by atoms with Crippen molar-refractivity contribution in [3.05, 3.63) is 12.2 Å². The van der Waals surface area contributed by atoms with Crippen molar-refractivity contribution in [3.8, 4) is 0 Å². The van der Waals surface area contributed by atoms with Crippen LogP contribution in [0.25, 0.3) is 0 Å². The Morgan fingerprint density at radius 3 is 2.00 bits per heavy atom. The van der Waals surface area contributed by atoms with Crippen LogP contribution in [0.1, 0.15) is 6.92 Å². The molecular weight excluding hydrogens is 151 g/mol. The lowest BCUT2D eigenvalue weighted by Gasteiger charge is -2.06. The van der Waals surface area contributed by atoms with Gasteiger partial charge in [0.05, 0.1) is 0 Å². The molecule has 0 spiro atoms. The van der Waals surface area contributed by atoms with Crippen molar-refractivity contribution in [1.82, 2.24) is 0 Å². The molecule has 58 valence electrons. The zero-order chi connectivity index (χ0) is 8.36. The Kier molecular flexibility index (Phi) is 2.85. The van der Waals surface area contributed by atoms with Gasteiger partial charge in [0, 0.05) is 18.9 Å². The summed E-state index contributed by atoms with van der Waals surface area (Å²) in [5, 5.41) is 0. The Hall–Kier alpha value is -0.560. The van der Waals surface area contributed by atoms with Gasteiger partial charge in [-0.25, -0.2) is 4.79 Å². The molecule has 0 saturated carbocycles. The topological polar surface area (TPSA) is 43.4 Å². The molecule has 0 bridgehead atoms. The van der Waals surface area contributed by atoms with Gasteiger partial charge in [-0.1, -0.05) is 6.58 Å². The van der Waals surface area contributed by atoms with Gasteiger partial charge in [-0.05, 0) is 6.92 Å². The van der Waals surface area contributed by atoms with Crippen LogP contribution in [-0.4, -0.2) is 19.3 Å². The zero-order valence-corrected chi connectivity index (χ0v) is 7.27. The molecule has 0 heterocycles. The molecule has 0 amide bonds. The van der Waals surface area contributed by atoms with Gasteiger partial charge in [0.15, 0.2) is 0 Å². The number of hydrogen-bond donors (Lipinski definition) is 0. The molecule has 0 aliphatic carbocycles. The van der Waals surface area contributed by atoms with E-state index in [-0.39, 0.29) is 5.57 Å². The molecule has 0 fully saturated rings. The van der Waals surface area contributed by atoms with Crippen LogP contribution < -0.4 is 0 Å². The van der Waals surface area contributed by atoms with Gasteiger partial charge in [-0.15, -0.1) is 0 Å². The third kappa shape index (κ3) is 4.33. The third-order valence-corrected chi connectivity index (χ3v) is 1.26. The molecule has 0 saturated heterocycles. The van der Waals surface area contributed by atoms with Gasteiger partial charge >= 0.3 is 5.97 Å². The largest absolute Gasteiger partial charge is 0.409 e. The van der Waals surface area contributed by atoms with Crippen LogP contribution in [0.15, 0.2) is 12.2 Å². The Morgan fingerprint density at radius 1 is 1.50 bits per heavy atom. The summed E-state index contributed by atoms with van der Waals surface area (Å²) in [6.45, 7) is 7.62. The Balaban J connectivity index is 4.07. The minimum absolute atomic E-state index is 0.268. The van der Waals surface area contributed by atoms with Gasteiger partial charge in [-0.2, -0.15) is 0 Å². The molecule has 3 nitrogen and oxygen atoms in total. The van der Waals surface area contributed by atoms with Crippen LogP contribution in [0.5, 0.6) is 0 Å². The van der Waals surface area contributed by atoms with Gasteiger partial charge in [0.1, 0.15) is 0 Å². The number of carbonyl (C=O) groups is 1. The maximum absolute atomic E-state index is 10.8. The Bertz CT molecular complexity index is 201. The standard InChI is InChI=1S/C6H11O3P/c1-5(2)6(7)9-10(3,4)8/h1H2,2-4H3. The fourth-order valence-corrected chi connectivity index (χ4v) is 0.833. The van der Waals surface area contributed by atoms with Crippen molar-refractivity contribution in [2.75, 3.05) is 13.3 Å². The number of hydrogen-bond acceptors (Lipinski definition) is 3. The lowest BCUT2D eigenvalue weighted by molar-refractivity contribution is -0.129. The molecular formula is C6H11O3P. The summed E-state index contributed by atoms with van der Waals surface area (Å²) in [4.78, 5) is 10.7. The summed E-state index contributed by atoms with van der Waals surface area (Å²) in [5.74, 6) is -0.590. The summed E-state index contributed by atoms with van der Waals surface area (Å²) >= 11 is 0. The smallest absolute Gasteiger partial charge is 0.338 e. The van der Waals surface area contributed by atoms with E-state index in [2.05, 4.69) is 11.1 Å². The SMILES string of the molecule is C=C(C)C(=O)OP(C)(C)=O. The van der Waals surface area contributed by atoms with Crippen molar-refractivity contribution in [3.63, 3.8) is 0 Å². The van der Waals surface area contributed by atoms with E-state index in [1.807, 2.05) is 0 Å². The fraction of sp³-hybridized carbons (Fsp3) is 0.500. The highest BCUT2D eigenvalue weighted by Crippen LogP contribution is 2.37. The summed E-state index contributed by atoms with van der Waals surface area (Å²) < 4.78 is 15.4. The summed E-state index contributed by atoms with van der Waals surface area (Å²) in [6.07, 6.45) is 0. The van der Waals surface area contributed by atoms with E-state index >= 15 is 0 Å². The van der Waals surface area contributed by atoms with Crippen LogP contribution >= 0.6 is 7.37 Å². The maximum Gasteiger partial charge on any atom is 0.338 e. The van der Waals surface area contributed by atoms with Gasteiger partial charge in [0.25, 0.3) is 0 Å². The first-order valence-electron chi connectivity index (χ1n) is 2.77. The lowest BCUT2D eigenvalue weighted by atomic mass is 10.4. The first-order chi connectivity index (χ1) is 4.33. The van der Waals surface area contributed by atoms with Crippen molar-refractivity contribution in [2.24, 2.45) is 0 Å². The predicted octanol–water partition coefficient (Wildman–Crippen LogP) is 1.64. The van der Waals surface area contributed by atoms with Crippen LogP contribution in [0, 0.1) is 0 Å². The minimum atomic E-state index is -2.69. The van der Waals surface area contributed by atoms with Crippen molar-refractivity contribution < 1.29 is 13.9 Å². The normalized spacial score (nSPS) is 10.7. The number of rotatable bonds is 2. The Morgan fingerprint density at radius 2 is 1.90 bits per heavy atom. The van der Waals surface area contributed by atoms with Crippen molar-refractivity contribution in [2.45, 2.75) is 6.92 Å². The van der Waals surface area contributed by atoms with E-state index in [1.165, 1.54) is 20.3 Å². The Labute approximate surface area is 60.5 Å². The number of carbonyl (C=O) groups excluding carboxylic acids is 1. The minimum Gasteiger partial charge on any atom is -0.409 e. The first kappa shape index (κ1) is 9.44. The molecule has 0 aromatic heterocycles. The lowest BCUT2D eigenvalue weighted by Crippen LogP contribution is -2.01. The third-order valence-electron chi connectivity index (χ3n) is 0.651. The highest BCUT2D eigenvalue weighted by atomic mass is 31.2. The summed E-state index contributed by atoms with van der Waals surface area (Å²) in [7, 11) is -2.69. The van der Waals surface area contributed by atoms with E-state index in [0.29, 0.717) is 0 Å². The summed E-state index contributed by atoms with van der Waals surface area (Å²) in [5.41, 5.74) is 0.268. The van der Waals surface area contributed by atoms with Gasteiger partial charge < -0.3 is 4.52 Å². The molecule has 0 rings (SSSR count). The highest BCUT2D eigenvalue weighted by molar-refractivity contribution is 7.57. The maximum atomic E-state index is 10.8. The molecule has 0 aliphatic rings. The van der Waals surface area contributed by atoms with Crippen molar-refractivity contribution in [1.29, 1.82) is 0 Å². The zero-order valence-electron chi connectivity index (χ0n) is 6.38. The van der Waals surface area contributed by atoms with E-state index in [0.717, 1.165) is 0 Å². The first-order valence-corrected chi connectivity index (χ1v) is 5.29. The predicted molar refractivity (Wildman–Crippen MR) is 40.4 cm³/mol. The molecule has 0 atom stereocenters. The van der Waals surface area contributed by atoms with Crippen LogP contribution in [0.2, 0.25) is 0 Å². The second kappa shape index (κ2) is 3.02. The van der Waals surface area contributed by atoms with Crippen LogP contribution in [-0.2, 0) is 13.9 Å². The molecule has 0 aromatic carbocycles. The fourth-order valence-electron chi connectivity index (χ4n) is 0.278. The van der Waals surface area contributed by atoms with Crippen LogP contribution in [0.4, 0.5) is 0 Å². The van der Waals surface area contributed by atoms with E-state index in [4.69, 9.17) is 0 Å². The second-order valence-corrected chi connectivity index (χ2v) is 5.10. The van der Waals surface area contributed by atoms with E-state index in [1.54, 1.807) is 0 Å². The molecule has 4 heteroatoms. The van der Waals surface area contributed by atoms with Crippen LogP contribution in [0.3, 0.4) is 0 Å². The molecule has 0 aliphatic heterocycles. The average molecular weight is 162 g/mol. The molecule has 0 radical (unpaired) electrons. The summed E-state index contributed by atoms with van der Waals surface area (Å²) in [6, 6.07) is 0. The molecule has 10 heavy (non-hydrogen) atoms. The molecule has 0 aromatic rings. The highest BCUT2D eigenvalue weighted by Gasteiger charge is 2.13. The average Bonchev–Trinajstić information content (AvgIpc) is 1.60. The van der Waals surface area contributed by atoms with Gasteiger partial charge in [-0.3, -0.25) is 4.57 Å². The van der Waals surface area contributed by atoms with Gasteiger partial charge in [0.2, 0.25) is 7.37 Å². The molecule has 0 unspecified atom stereocenters. The van der Waals surface area contributed by atoms with Crippen molar-refractivity contribution >= 4 is 13.3 Å². The quantitative estimate of drug-likeness (QED) is 0.458. The van der Waals surface area contributed by atoms with E-state index < -0.39 is 13.3 Å². The monoisotopic (exact) mass is 162 g/mol. The van der Waals surface area contributed by atoms with E-state index in [9.17, 15) is 9.36 Å².